The van der Waals surface area contributed by atoms with Gasteiger partial charge in [0, 0.05) is 6.04 Å². The summed E-state index contributed by atoms with van der Waals surface area (Å²) in [4.78, 5) is 0. The molecule has 0 saturated heterocycles. The first kappa shape index (κ1) is 13.0. The molecule has 16 heavy (non-hydrogen) atoms. The first-order valence-corrected chi connectivity index (χ1v) is 5.57. The highest BCUT2D eigenvalue weighted by atomic mass is 35.5. The SMILES string of the molecule is Cl.N#Cc1ccc([C@H](N)C2CCCC2)cc1. The van der Waals surface area contributed by atoms with E-state index in [0.717, 1.165) is 0 Å². The van der Waals surface area contributed by atoms with E-state index in [1.54, 1.807) is 0 Å². The van der Waals surface area contributed by atoms with Gasteiger partial charge in [0.25, 0.3) is 0 Å². The first-order valence-electron chi connectivity index (χ1n) is 5.57. The Labute approximate surface area is 103 Å². The van der Waals surface area contributed by atoms with Crippen molar-refractivity contribution in [1.82, 2.24) is 0 Å². The second-order valence-corrected chi connectivity index (χ2v) is 4.30. The predicted octanol–water partition coefficient (Wildman–Crippen LogP) is 3.17. The molecule has 1 atom stereocenters. The molecule has 1 fully saturated rings. The van der Waals surface area contributed by atoms with Crippen molar-refractivity contribution in [3.63, 3.8) is 0 Å². The molecule has 1 saturated carbocycles. The van der Waals surface area contributed by atoms with Crippen LogP contribution in [0.3, 0.4) is 0 Å². The van der Waals surface area contributed by atoms with Crippen molar-refractivity contribution >= 4 is 12.4 Å². The lowest BCUT2D eigenvalue weighted by Crippen LogP contribution is -2.18. The number of rotatable bonds is 2. The highest BCUT2D eigenvalue weighted by Crippen LogP contribution is 2.33. The van der Waals surface area contributed by atoms with Crippen molar-refractivity contribution in [2.75, 3.05) is 0 Å². The maximum atomic E-state index is 8.70. The standard InChI is InChI=1S/C13H16N2.ClH/c14-9-10-5-7-12(8-6-10)13(15)11-3-1-2-4-11;/h5-8,11,13H,1-4,15H2;1H/t13-;/m1./s1. The van der Waals surface area contributed by atoms with E-state index >= 15 is 0 Å². The van der Waals surface area contributed by atoms with Gasteiger partial charge in [-0.25, -0.2) is 0 Å². The minimum absolute atomic E-state index is 0. The molecule has 0 radical (unpaired) electrons. The van der Waals surface area contributed by atoms with Crippen LogP contribution in [0, 0.1) is 17.2 Å². The summed E-state index contributed by atoms with van der Waals surface area (Å²) in [6.07, 6.45) is 5.13. The Balaban J connectivity index is 0.00000128. The van der Waals surface area contributed by atoms with Crippen molar-refractivity contribution in [1.29, 1.82) is 5.26 Å². The van der Waals surface area contributed by atoms with Crippen LogP contribution in [0.1, 0.15) is 42.9 Å². The van der Waals surface area contributed by atoms with E-state index in [0.29, 0.717) is 11.5 Å². The summed E-state index contributed by atoms with van der Waals surface area (Å²) in [6, 6.07) is 9.95. The molecule has 0 heterocycles. The average Bonchev–Trinajstić information content (AvgIpc) is 2.82. The van der Waals surface area contributed by atoms with Gasteiger partial charge in [-0.3, -0.25) is 0 Å². The molecular weight excluding hydrogens is 220 g/mol. The highest BCUT2D eigenvalue weighted by Gasteiger charge is 2.22. The maximum Gasteiger partial charge on any atom is 0.0991 e. The van der Waals surface area contributed by atoms with Crippen LogP contribution in [0.2, 0.25) is 0 Å². The molecule has 2 nitrogen and oxygen atoms in total. The normalized spacial score (nSPS) is 17.5. The largest absolute Gasteiger partial charge is 0.324 e. The number of hydrogen-bond acceptors (Lipinski definition) is 2. The minimum Gasteiger partial charge on any atom is -0.324 e. The Morgan fingerprint density at radius 2 is 1.75 bits per heavy atom. The summed E-state index contributed by atoms with van der Waals surface area (Å²) in [5, 5.41) is 8.70. The Bertz CT molecular complexity index is 361. The van der Waals surface area contributed by atoms with E-state index in [9.17, 15) is 0 Å². The number of benzene rings is 1. The van der Waals surface area contributed by atoms with Gasteiger partial charge in [-0.15, -0.1) is 12.4 Å². The van der Waals surface area contributed by atoms with Gasteiger partial charge in [0.1, 0.15) is 0 Å². The van der Waals surface area contributed by atoms with Gasteiger partial charge in [-0.05, 0) is 36.5 Å². The molecule has 0 aliphatic heterocycles. The van der Waals surface area contributed by atoms with Crippen LogP contribution in [0.15, 0.2) is 24.3 Å². The van der Waals surface area contributed by atoms with Gasteiger partial charge in [0.15, 0.2) is 0 Å². The second kappa shape index (κ2) is 5.89. The van der Waals surface area contributed by atoms with Crippen LogP contribution in [-0.4, -0.2) is 0 Å². The molecule has 86 valence electrons. The quantitative estimate of drug-likeness (QED) is 0.858. The van der Waals surface area contributed by atoms with E-state index < -0.39 is 0 Å². The molecule has 1 aliphatic rings. The van der Waals surface area contributed by atoms with Crippen LogP contribution in [-0.2, 0) is 0 Å². The monoisotopic (exact) mass is 236 g/mol. The number of nitrogens with two attached hydrogens (primary N) is 1. The Hall–Kier alpha value is -1.04. The van der Waals surface area contributed by atoms with Crippen LogP contribution in [0.25, 0.3) is 0 Å². The second-order valence-electron chi connectivity index (χ2n) is 4.30. The molecular formula is C13H17ClN2. The summed E-state index contributed by atoms with van der Waals surface area (Å²) >= 11 is 0. The predicted molar refractivity (Wildman–Crippen MR) is 67.3 cm³/mol. The summed E-state index contributed by atoms with van der Waals surface area (Å²) in [5.74, 6) is 0.637. The molecule has 0 amide bonds. The minimum atomic E-state index is 0. The topological polar surface area (TPSA) is 49.8 Å². The molecule has 0 bridgehead atoms. The Morgan fingerprint density at radius 1 is 1.19 bits per heavy atom. The molecule has 1 aromatic carbocycles. The summed E-state index contributed by atoms with van der Waals surface area (Å²) < 4.78 is 0. The van der Waals surface area contributed by atoms with Gasteiger partial charge in [0.2, 0.25) is 0 Å². The van der Waals surface area contributed by atoms with Crippen molar-refractivity contribution in [3.8, 4) is 6.07 Å². The lowest BCUT2D eigenvalue weighted by atomic mass is 9.92. The molecule has 1 aromatic rings. The Morgan fingerprint density at radius 3 is 2.25 bits per heavy atom. The van der Waals surface area contributed by atoms with E-state index in [4.69, 9.17) is 11.0 Å². The summed E-state index contributed by atoms with van der Waals surface area (Å²) in [7, 11) is 0. The smallest absolute Gasteiger partial charge is 0.0991 e. The fraction of sp³-hybridized carbons (Fsp3) is 0.462. The molecule has 0 unspecified atom stereocenters. The van der Waals surface area contributed by atoms with Gasteiger partial charge in [0.05, 0.1) is 11.6 Å². The number of hydrogen-bond donors (Lipinski definition) is 1. The molecule has 2 rings (SSSR count). The number of nitrogens with zero attached hydrogens (tertiary/aromatic N) is 1. The van der Waals surface area contributed by atoms with Crippen LogP contribution >= 0.6 is 12.4 Å². The third-order valence-corrected chi connectivity index (χ3v) is 3.33. The van der Waals surface area contributed by atoms with Gasteiger partial charge >= 0.3 is 0 Å². The maximum absolute atomic E-state index is 8.70. The lowest BCUT2D eigenvalue weighted by molar-refractivity contribution is 0.445. The average molecular weight is 237 g/mol. The van der Waals surface area contributed by atoms with Gasteiger partial charge in [-0.1, -0.05) is 25.0 Å². The van der Waals surface area contributed by atoms with Crippen molar-refractivity contribution < 1.29 is 0 Å². The van der Waals surface area contributed by atoms with Crippen molar-refractivity contribution in [3.05, 3.63) is 35.4 Å². The van der Waals surface area contributed by atoms with Crippen LogP contribution in [0.4, 0.5) is 0 Å². The van der Waals surface area contributed by atoms with E-state index in [-0.39, 0.29) is 18.4 Å². The molecule has 0 aromatic heterocycles. The van der Waals surface area contributed by atoms with Gasteiger partial charge in [-0.2, -0.15) is 5.26 Å². The Kier molecular flexibility index (Phi) is 4.79. The third-order valence-electron chi connectivity index (χ3n) is 3.33. The number of halogens is 1. The molecule has 1 aliphatic carbocycles. The van der Waals surface area contributed by atoms with Crippen LogP contribution < -0.4 is 5.73 Å². The fourth-order valence-corrected chi connectivity index (χ4v) is 2.37. The van der Waals surface area contributed by atoms with Crippen molar-refractivity contribution in [2.24, 2.45) is 11.7 Å². The number of nitriles is 1. The van der Waals surface area contributed by atoms with Gasteiger partial charge < -0.3 is 5.73 Å². The van der Waals surface area contributed by atoms with E-state index in [1.165, 1.54) is 31.2 Å². The molecule has 0 spiro atoms. The zero-order valence-corrected chi connectivity index (χ0v) is 10.0. The van der Waals surface area contributed by atoms with E-state index in [2.05, 4.69) is 6.07 Å². The lowest BCUT2D eigenvalue weighted by Gasteiger charge is -2.19. The third kappa shape index (κ3) is 2.75. The fourth-order valence-electron chi connectivity index (χ4n) is 2.37. The molecule has 2 N–H and O–H groups in total. The zero-order chi connectivity index (χ0) is 10.7. The van der Waals surface area contributed by atoms with Crippen molar-refractivity contribution in [2.45, 2.75) is 31.7 Å². The first-order chi connectivity index (χ1) is 7.31. The highest BCUT2D eigenvalue weighted by molar-refractivity contribution is 5.85. The van der Waals surface area contributed by atoms with E-state index in [1.807, 2.05) is 24.3 Å². The van der Waals surface area contributed by atoms with Crippen LogP contribution in [0.5, 0.6) is 0 Å². The zero-order valence-electron chi connectivity index (χ0n) is 9.23. The molecule has 3 heteroatoms. The summed E-state index contributed by atoms with van der Waals surface area (Å²) in [6.45, 7) is 0. The summed E-state index contributed by atoms with van der Waals surface area (Å²) in [5.41, 5.74) is 8.08.